The summed E-state index contributed by atoms with van der Waals surface area (Å²) >= 11 is 0. The Morgan fingerprint density at radius 1 is 1.20 bits per heavy atom. The van der Waals surface area contributed by atoms with Gasteiger partial charge in [0.25, 0.3) is 0 Å². The van der Waals surface area contributed by atoms with Crippen molar-refractivity contribution in [3.8, 4) is 0 Å². The van der Waals surface area contributed by atoms with Gasteiger partial charge >= 0.3 is 0 Å². The number of nitrogens with zero attached hydrogens (tertiary/aromatic N) is 2. The summed E-state index contributed by atoms with van der Waals surface area (Å²) in [6.45, 7) is 3.61. The van der Waals surface area contributed by atoms with E-state index in [1.807, 2.05) is 13.0 Å². The number of hydrogen-bond acceptors (Lipinski definition) is 2. The molecule has 0 aliphatic carbocycles. The molecule has 0 bridgehead atoms. The number of aryl methyl sites for hydroxylation is 1. The van der Waals surface area contributed by atoms with Gasteiger partial charge in [-0.15, -0.1) is 0 Å². The number of hydrogen-bond donors (Lipinski definition) is 1. The third-order valence-electron chi connectivity index (χ3n) is 3.53. The Labute approximate surface area is 119 Å². The maximum absolute atomic E-state index is 5.60. The smallest absolute Gasteiger partial charge is 0.0708 e. The maximum atomic E-state index is 5.60. The number of rotatable bonds is 4. The van der Waals surface area contributed by atoms with Crippen LogP contribution in [0, 0.1) is 6.92 Å². The second-order valence-corrected chi connectivity index (χ2v) is 5.17. The van der Waals surface area contributed by atoms with Crippen molar-refractivity contribution in [3.63, 3.8) is 0 Å². The summed E-state index contributed by atoms with van der Waals surface area (Å²) in [5.41, 5.74) is 10.3. The van der Waals surface area contributed by atoms with E-state index in [9.17, 15) is 0 Å². The van der Waals surface area contributed by atoms with Gasteiger partial charge in [0.05, 0.1) is 5.52 Å². The summed E-state index contributed by atoms with van der Waals surface area (Å²) in [7, 11) is 0. The molecule has 3 heteroatoms. The quantitative estimate of drug-likeness (QED) is 0.788. The molecule has 0 spiro atoms. The van der Waals surface area contributed by atoms with E-state index >= 15 is 0 Å². The van der Waals surface area contributed by atoms with Crippen LogP contribution in [-0.2, 0) is 13.0 Å². The average Bonchev–Trinajstić information content (AvgIpc) is 2.86. The van der Waals surface area contributed by atoms with Crippen LogP contribution < -0.4 is 5.73 Å². The van der Waals surface area contributed by atoms with Crippen LogP contribution in [0.3, 0.4) is 0 Å². The van der Waals surface area contributed by atoms with Crippen LogP contribution in [0.15, 0.2) is 48.8 Å². The highest BCUT2D eigenvalue weighted by atomic mass is 14.9. The van der Waals surface area contributed by atoms with Crippen LogP contribution in [0.1, 0.15) is 16.8 Å². The number of nitrogens with two attached hydrogens (primary N) is 1. The van der Waals surface area contributed by atoms with Crippen LogP contribution in [0.5, 0.6) is 0 Å². The lowest BCUT2D eigenvalue weighted by Crippen LogP contribution is -2.02. The third-order valence-corrected chi connectivity index (χ3v) is 3.53. The molecule has 0 atom stereocenters. The summed E-state index contributed by atoms with van der Waals surface area (Å²) in [6, 6.07) is 12.6. The van der Waals surface area contributed by atoms with E-state index in [1.54, 1.807) is 0 Å². The summed E-state index contributed by atoms with van der Waals surface area (Å²) in [6.07, 6.45) is 5.23. The van der Waals surface area contributed by atoms with Gasteiger partial charge in [0, 0.05) is 30.0 Å². The number of fused-ring (bicyclic) bond motifs is 1. The van der Waals surface area contributed by atoms with Gasteiger partial charge in [0.1, 0.15) is 0 Å². The monoisotopic (exact) mass is 265 g/mol. The lowest BCUT2D eigenvalue weighted by Gasteiger charge is -2.09. The Hall–Kier alpha value is -2.13. The van der Waals surface area contributed by atoms with E-state index in [0.717, 1.165) is 24.2 Å². The predicted octanol–water partition coefficient (Wildman–Crippen LogP) is 2.89. The van der Waals surface area contributed by atoms with Gasteiger partial charge in [-0.3, -0.25) is 4.98 Å². The Morgan fingerprint density at radius 3 is 2.90 bits per heavy atom. The maximum Gasteiger partial charge on any atom is 0.0708 e. The van der Waals surface area contributed by atoms with Gasteiger partial charge < -0.3 is 10.3 Å². The lowest BCUT2D eigenvalue weighted by molar-refractivity contribution is 0.803. The fourth-order valence-electron chi connectivity index (χ4n) is 2.63. The Balaban J connectivity index is 1.97. The molecular formula is C17H19N3. The first-order valence-electron chi connectivity index (χ1n) is 6.96. The highest BCUT2D eigenvalue weighted by Crippen LogP contribution is 2.19. The van der Waals surface area contributed by atoms with Gasteiger partial charge in [-0.2, -0.15) is 0 Å². The fourth-order valence-corrected chi connectivity index (χ4v) is 2.63. The van der Waals surface area contributed by atoms with Gasteiger partial charge in [-0.25, -0.2) is 0 Å². The van der Waals surface area contributed by atoms with Crippen LogP contribution in [0.4, 0.5) is 0 Å². The van der Waals surface area contributed by atoms with Crippen molar-refractivity contribution in [2.24, 2.45) is 5.73 Å². The molecule has 0 radical (unpaired) electrons. The molecule has 3 nitrogen and oxygen atoms in total. The molecule has 3 rings (SSSR count). The average molecular weight is 265 g/mol. The van der Waals surface area contributed by atoms with Crippen molar-refractivity contribution < 1.29 is 0 Å². The van der Waals surface area contributed by atoms with Crippen molar-refractivity contribution in [2.75, 3.05) is 6.54 Å². The topological polar surface area (TPSA) is 43.8 Å². The largest absolute Gasteiger partial charge is 0.350 e. The van der Waals surface area contributed by atoms with Gasteiger partial charge in [-0.1, -0.05) is 18.2 Å². The lowest BCUT2D eigenvalue weighted by atomic mass is 10.1. The molecule has 0 fully saturated rings. The summed E-state index contributed by atoms with van der Waals surface area (Å²) in [5.74, 6) is 0. The van der Waals surface area contributed by atoms with Crippen molar-refractivity contribution in [2.45, 2.75) is 19.9 Å². The van der Waals surface area contributed by atoms with Crippen LogP contribution in [-0.4, -0.2) is 16.1 Å². The summed E-state index contributed by atoms with van der Waals surface area (Å²) in [4.78, 5) is 4.59. The SMILES string of the molecule is Cc1cc(Cn2ccc(CCN)c2)c2ccccc2n1. The molecule has 0 saturated carbocycles. The second-order valence-electron chi connectivity index (χ2n) is 5.17. The van der Waals surface area contributed by atoms with Crippen molar-refractivity contribution in [1.82, 2.24) is 9.55 Å². The second kappa shape index (κ2) is 5.47. The molecule has 2 aromatic heterocycles. The molecule has 3 aromatic rings. The molecule has 102 valence electrons. The van der Waals surface area contributed by atoms with Crippen molar-refractivity contribution in [3.05, 3.63) is 65.6 Å². The molecule has 0 saturated heterocycles. The third kappa shape index (κ3) is 2.58. The zero-order valence-corrected chi connectivity index (χ0v) is 11.7. The molecule has 0 aliphatic rings. The van der Waals surface area contributed by atoms with Crippen molar-refractivity contribution >= 4 is 10.9 Å². The van der Waals surface area contributed by atoms with E-state index in [1.165, 1.54) is 16.5 Å². The summed E-state index contributed by atoms with van der Waals surface area (Å²) < 4.78 is 2.21. The number of pyridine rings is 1. The minimum Gasteiger partial charge on any atom is -0.350 e. The zero-order valence-electron chi connectivity index (χ0n) is 11.7. The first-order chi connectivity index (χ1) is 9.76. The number of benzene rings is 1. The molecule has 0 amide bonds. The van der Waals surface area contributed by atoms with E-state index in [-0.39, 0.29) is 0 Å². The fraction of sp³-hybridized carbons (Fsp3) is 0.235. The predicted molar refractivity (Wildman–Crippen MR) is 82.8 cm³/mol. The van der Waals surface area contributed by atoms with E-state index in [4.69, 9.17) is 5.73 Å². The van der Waals surface area contributed by atoms with Gasteiger partial charge in [0.2, 0.25) is 0 Å². The first kappa shape index (κ1) is 12.9. The molecule has 0 aliphatic heterocycles. The summed E-state index contributed by atoms with van der Waals surface area (Å²) in [5, 5.41) is 1.23. The molecular weight excluding hydrogens is 246 g/mol. The zero-order chi connectivity index (χ0) is 13.9. The van der Waals surface area contributed by atoms with E-state index < -0.39 is 0 Å². The Kier molecular flexibility index (Phi) is 3.52. The first-order valence-corrected chi connectivity index (χ1v) is 6.96. The molecule has 0 unspecified atom stereocenters. The highest BCUT2D eigenvalue weighted by molar-refractivity contribution is 5.82. The minimum absolute atomic E-state index is 0.696. The highest BCUT2D eigenvalue weighted by Gasteiger charge is 2.05. The van der Waals surface area contributed by atoms with Gasteiger partial charge in [-0.05, 0) is 49.2 Å². The molecule has 1 aromatic carbocycles. The van der Waals surface area contributed by atoms with Crippen molar-refractivity contribution in [1.29, 1.82) is 0 Å². The van der Waals surface area contributed by atoms with E-state index in [0.29, 0.717) is 6.54 Å². The minimum atomic E-state index is 0.696. The molecule has 20 heavy (non-hydrogen) atoms. The standard InChI is InChI=1S/C17H19N3/c1-13-10-15(16-4-2-3-5-17(16)19-13)12-20-9-7-14(11-20)6-8-18/h2-5,7,9-11H,6,8,12,18H2,1H3. The molecule has 2 heterocycles. The molecule has 2 N–H and O–H groups in total. The van der Waals surface area contributed by atoms with Crippen LogP contribution in [0.25, 0.3) is 10.9 Å². The van der Waals surface area contributed by atoms with Gasteiger partial charge in [0.15, 0.2) is 0 Å². The Bertz CT molecular complexity index is 728. The number of aromatic nitrogens is 2. The van der Waals surface area contributed by atoms with E-state index in [2.05, 4.69) is 52.3 Å². The normalized spacial score (nSPS) is 11.1. The van der Waals surface area contributed by atoms with Crippen LogP contribution >= 0.6 is 0 Å². The number of para-hydroxylation sites is 1. The van der Waals surface area contributed by atoms with Crippen LogP contribution in [0.2, 0.25) is 0 Å². The Morgan fingerprint density at radius 2 is 2.05 bits per heavy atom.